The van der Waals surface area contributed by atoms with Crippen molar-refractivity contribution in [3.8, 4) is 0 Å². The summed E-state index contributed by atoms with van der Waals surface area (Å²) in [6.45, 7) is 3.35. The van der Waals surface area contributed by atoms with Gasteiger partial charge in [-0.15, -0.1) is 0 Å². The third-order valence-corrected chi connectivity index (χ3v) is 3.24. The Bertz CT molecular complexity index is 540. The van der Waals surface area contributed by atoms with Gasteiger partial charge in [-0.1, -0.05) is 51.8 Å². The number of hydrogen-bond donors (Lipinski definition) is 1. The molecule has 0 fully saturated rings. The van der Waals surface area contributed by atoms with Gasteiger partial charge < -0.3 is 5.32 Å². The smallest absolute Gasteiger partial charge is 0.128 e. The lowest BCUT2D eigenvalue weighted by molar-refractivity contribution is 0.587. The summed E-state index contributed by atoms with van der Waals surface area (Å²) in [4.78, 5) is 0. The second-order valence-corrected chi connectivity index (χ2v) is 5.24. The summed E-state index contributed by atoms with van der Waals surface area (Å²) in [5.74, 6) is -0.180. The molecule has 0 radical (unpaired) electrons. The number of benzene rings is 2. The van der Waals surface area contributed by atoms with Crippen molar-refractivity contribution in [3.63, 3.8) is 0 Å². The average molecular weight is 308 g/mol. The summed E-state index contributed by atoms with van der Waals surface area (Å²) in [5, 5.41) is 3.25. The van der Waals surface area contributed by atoms with Gasteiger partial charge in [0.05, 0.1) is 0 Å². The summed E-state index contributed by atoms with van der Waals surface area (Å²) < 4.78 is 14.3. The lowest BCUT2D eigenvalue weighted by Crippen LogP contribution is -2.13. The minimum absolute atomic E-state index is 0.180. The van der Waals surface area contributed by atoms with Gasteiger partial charge in [0.15, 0.2) is 0 Å². The van der Waals surface area contributed by atoms with Gasteiger partial charge in [-0.25, -0.2) is 4.39 Å². The maximum Gasteiger partial charge on any atom is 0.128 e. The molecule has 0 aromatic heterocycles. The Morgan fingerprint density at radius 2 is 1.94 bits per heavy atom. The van der Waals surface area contributed by atoms with Gasteiger partial charge in [-0.2, -0.15) is 0 Å². The van der Waals surface area contributed by atoms with E-state index in [2.05, 4.69) is 46.4 Å². The van der Waals surface area contributed by atoms with Crippen LogP contribution in [-0.2, 0) is 13.1 Å². The van der Waals surface area contributed by atoms with E-state index in [0.29, 0.717) is 12.1 Å². The first-order valence-electron chi connectivity index (χ1n) is 5.85. The first-order valence-corrected chi connectivity index (χ1v) is 6.64. The fourth-order valence-corrected chi connectivity index (χ4v) is 2.16. The Kier molecular flexibility index (Phi) is 4.50. The standard InChI is InChI=1S/C15H15BrFN/c1-11-3-2-4-12(7-11)9-18-10-13-5-6-14(16)8-15(13)17/h2-8,18H,9-10H2,1H3. The van der Waals surface area contributed by atoms with Crippen molar-refractivity contribution in [2.24, 2.45) is 0 Å². The largest absolute Gasteiger partial charge is 0.309 e. The molecule has 0 heterocycles. The molecule has 94 valence electrons. The van der Waals surface area contributed by atoms with Crippen molar-refractivity contribution in [1.82, 2.24) is 5.32 Å². The molecular formula is C15H15BrFN. The Hall–Kier alpha value is -1.19. The van der Waals surface area contributed by atoms with Gasteiger partial charge >= 0.3 is 0 Å². The normalized spacial score (nSPS) is 10.6. The molecule has 0 aliphatic carbocycles. The van der Waals surface area contributed by atoms with E-state index in [0.717, 1.165) is 11.0 Å². The van der Waals surface area contributed by atoms with Crippen LogP contribution in [0.2, 0.25) is 0 Å². The van der Waals surface area contributed by atoms with E-state index in [1.807, 2.05) is 12.1 Å². The van der Waals surface area contributed by atoms with Gasteiger partial charge in [0.2, 0.25) is 0 Å². The molecular weight excluding hydrogens is 293 g/mol. The van der Waals surface area contributed by atoms with Crippen LogP contribution in [0.25, 0.3) is 0 Å². The molecule has 0 aliphatic rings. The minimum atomic E-state index is -0.180. The molecule has 0 bridgehead atoms. The van der Waals surface area contributed by atoms with Crippen LogP contribution in [0, 0.1) is 12.7 Å². The lowest BCUT2D eigenvalue weighted by atomic mass is 10.1. The first kappa shape index (κ1) is 13.2. The van der Waals surface area contributed by atoms with Gasteiger partial charge in [0, 0.05) is 23.1 Å². The summed E-state index contributed by atoms with van der Waals surface area (Å²) in [7, 11) is 0. The molecule has 0 saturated heterocycles. The first-order chi connectivity index (χ1) is 8.65. The van der Waals surface area contributed by atoms with Crippen molar-refractivity contribution < 1.29 is 4.39 Å². The number of nitrogens with one attached hydrogen (secondary N) is 1. The maximum absolute atomic E-state index is 13.6. The predicted octanol–water partition coefficient (Wildman–Crippen LogP) is 4.19. The molecule has 0 amide bonds. The third-order valence-electron chi connectivity index (χ3n) is 2.74. The molecule has 2 aromatic rings. The van der Waals surface area contributed by atoms with Crippen molar-refractivity contribution >= 4 is 15.9 Å². The van der Waals surface area contributed by atoms with Crippen molar-refractivity contribution in [1.29, 1.82) is 0 Å². The van der Waals surface area contributed by atoms with E-state index >= 15 is 0 Å². The molecule has 2 aromatic carbocycles. The van der Waals surface area contributed by atoms with Crippen LogP contribution in [0.3, 0.4) is 0 Å². The summed E-state index contributed by atoms with van der Waals surface area (Å²) in [6, 6.07) is 13.4. The Balaban J connectivity index is 1.92. The van der Waals surface area contributed by atoms with E-state index in [1.54, 1.807) is 6.07 Å². The van der Waals surface area contributed by atoms with E-state index in [1.165, 1.54) is 17.2 Å². The monoisotopic (exact) mass is 307 g/mol. The van der Waals surface area contributed by atoms with Crippen molar-refractivity contribution in [2.45, 2.75) is 20.0 Å². The van der Waals surface area contributed by atoms with Crippen molar-refractivity contribution in [3.05, 3.63) is 69.4 Å². The van der Waals surface area contributed by atoms with E-state index < -0.39 is 0 Å². The number of halogens is 2. The number of aryl methyl sites for hydroxylation is 1. The molecule has 2 rings (SSSR count). The van der Waals surface area contributed by atoms with Crippen LogP contribution in [0.4, 0.5) is 4.39 Å². The van der Waals surface area contributed by atoms with E-state index in [-0.39, 0.29) is 5.82 Å². The highest BCUT2D eigenvalue weighted by atomic mass is 79.9. The fraction of sp³-hybridized carbons (Fsp3) is 0.200. The van der Waals surface area contributed by atoms with Crippen LogP contribution >= 0.6 is 15.9 Å². The van der Waals surface area contributed by atoms with Crippen LogP contribution < -0.4 is 5.32 Å². The van der Waals surface area contributed by atoms with Gasteiger partial charge in [-0.3, -0.25) is 0 Å². The average Bonchev–Trinajstić information content (AvgIpc) is 2.32. The fourth-order valence-electron chi connectivity index (χ4n) is 1.83. The van der Waals surface area contributed by atoms with Gasteiger partial charge in [0.25, 0.3) is 0 Å². The zero-order valence-electron chi connectivity index (χ0n) is 10.2. The summed E-state index contributed by atoms with van der Waals surface area (Å²) in [5.41, 5.74) is 3.14. The van der Waals surface area contributed by atoms with Crippen LogP contribution in [0.1, 0.15) is 16.7 Å². The minimum Gasteiger partial charge on any atom is -0.309 e. The molecule has 0 unspecified atom stereocenters. The highest BCUT2D eigenvalue weighted by molar-refractivity contribution is 9.10. The molecule has 3 heteroatoms. The molecule has 0 saturated carbocycles. The molecule has 0 atom stereocenters. The zero-order chi connectivity index (χ0) is 13.0. The van der Waals surface area contributed by atoms with Gasteiger partial charge in [0.1, 0.15) is 5.82 Å². The molecule has 0 spiro atoms. The lowest BCUT2D eigenvalue weighted by Gasteiger charge is -2.07. The SMILES string of the molecule is Cc1cccc(CNCc2ccc(Br)cc2F)c1. The predicted molar refractivity (Wildman–Crippen MR) is 75.8 cm³/mol. The Morgan fingerprint density at radius 1 is 1.11 bits per heavy atom. The van der Waals surface area contributed by atoms with Crippen LogP contribution in [0.15, 0.2) is 46.9 Å². The summed E-state index contributed by atoms with van der Waals surface area (Å²) >= 11 is 3.25. The second kappa shape index (κ2) is 6.12. The van der Waals surface area contributed by atoms with E-state index in [4.69, 9.17) is 0 Å². The van der Waals surface area contributed by atoms with Crippen LogP contribution in [-0.4, -0.2) is 0 Å². The molecule has 18 heavy (non-hydrogen) atoms. The third kappa shape index (κ3) is 3.65. The molecule has 1 nitrogen and oxygen atoms in total. The zero-order valence-corrected chi connectivity index (χ0v) is 11.8. The van der Waals surface area contributed by atoms with E-state index in [9.17, 15) is 4.39 Å². The van der Waals surface area contributed by atoms with Gasteiger partial charge in [-0.05, 0) is 24.6 Å². The Labute approximate surface area is 115 Å². The molecule has 1 N–H and O–H groups in total. The van der Waals surface area contributed by atoms with Crippen LogP contribution in [0.5, 0.6) is 0 Å². The topological polar surface area (TPSA) is 12.0 Å². The quantitative estimate of drug-likeness (QED) is 0.893. The number of rotatable bonds is 4. The number of hydrogen-bond acceptors (Lipinski definition) is 1. The van der Waals surface area contributed by atoms with Crippen molar-refractivity contribution in [2.75, 3.05) is 0 Å². The molecule has 0 aliphatic heterocycles. The maximum atomic E-state index is 13.6. The highest BCUT2D eigenvalue weighted by Crippen LogP contribution is 2.15. The summed E-state index contributed by atoms with van der Waals surface area (Å²) in [6.07, 6.45) is 0. The Morgan fingerprint density at radius 3 is 2.67 bits per heavy atom. The highest BCUT2D eigenvalue weighted by Gasteiger charge is 2.02. The second-order valence-electron chi connectivity index (χ2n) is 4.33.